The summed E-state index contributed by atoms with van der Waals surface area (Å²) >= 11 is 0. The summed E-state index contributed by atoms with van der Waals surface area (Å²) in [6, 6.07) is 12.2. The zero-order chi connectivity index (χ0) is 13.0. The minimum absolute atomic E-state index is 0.230. The molecule has 2 aromatic rings. The lowest BCUT2D eigenvalue weighted by Crippen LogP contribution is -2.27. The number of hydrogen-bond acceptors (Lipinski definition) is 3. The van der Waals surface area contributed by atoms with Crippen LogP contribution in [0.15, 0.2) is 48.7 Å². The van der Waals surface area contributed by atoms with Gasteiger partial charge in [0, 0.05) is 17.6 Å². The number of hydrogen-bond donors (Lipinski definition) is 2. The molecule has 0 aliphatic heterocycles. The maximum absolute atomic E-state index is 12.0. The molecular formula is C14H15N3O. The fourth-order valence-electron chi connectivity index (χ4n) is 1.66. The van der Waals surface area contributed by atoms with Gasteiger partial charge in [0.25, 0.3) is 0 Å². The number of pyridine rings is 1. The van der Waals surface area contributed by atoms with Crippen molar-refractivity contribution >= 4 is 11.6 Å². The van der Waals surface area contributed by atoms with Crippen LogP contribution in [-0.4, -0.2) is 10.9 Å². The standard InChI is InChI=1S/C14H15N3O/c1-10-9-12(7-8-16-10)17-14(18)13(15)11-5-3-2-4-6-11/h2-9,13H,15H2,1H3,(H,16,17,18)/t13-/m1/s1. The highest BCUT2D eigenvalue weighted by Crippen LogP contribution is 2.13. The number of amides is 1. The Morgan fingerprint density at radius 1 is 1.28 bits per heavy atom. The normalized spacial score (nSPS) is 11.9. The molecule has 0 saturated carbocycles. The highest BCUT2D eigenvalue weighted by Gasteiger charge is 2.15. The molecule has 1 aromatic heterocycles. The number of carbonyl (C=O) groups excluding carboxylic acids is 1. The molecule has 3 N–H and O–H groups in total. The summed E-state index contributed by atoms with van der Waals surface area (Å²) < 4.78 is 0. The van der Waals surface area contributed by atoms with Gasteiger partial charge in [0.05, 0.1) is 0 Å². The van der Waals surface area contributed by atoms with E-state index in [2.05, 4.69) is 10.3 Å². The van der Waals surface area contributed by atoms with Crippen LogP contribution in [0.5, 0.6) is 0 Å². The molecule has 1 atom stereocenters. The Labute approximate surface area is 106 Å². The first-order valence-electron chi connectivity index (χ1n) is 5.71. The van der Waals surface area contributed by atoms with E-state index < -0.39 is 6.04 Å². The van der Waals surface area contributed by atoms with Crippen LogP contribution in [0.2, 0.25) is 0 Å². The molecule has 2 rings (SSSR count). The third-order valence-corrected chi connectivity index (χ3v) is 2.61. The Bertz CT molecular complexity index is 540. The third kappa shape index (κ3) is 2.93. The largest absolute Gasteiger partial charge is 0.324 e. The number of nitrogens with two attached hydrogens (primary N) is 1. The van der Waals surface area contributed by atoms with Gasteiger partial charge in [0.15, 0.2) is 0 Å². The smallest absolute Gasteiger partial charge is 0.245 e. The molecule has 92 valence electrons. The lowest BCUT2D eigenvalue weighted by molar-refractivity contribution is -0.117. The van der Waals surface area contributed by atoms with E-state index in [9.17, 15) is 4.79 Å². The average Bonchev–Trinajstić information content (AvgIpc) is 2.39. The average molecular weight is 241 g/mol. The Kier molecular flexibility index (Phi) is 3.69. The van der Waals surface area contributed by atoms with Gasteiger partial charge in [-0.15, -0.1) is 0 Å². The summed E-state index contributed by atoms with van der Waals surface area (Å²) in [7, 11) is 0. The predicted octanol–water partition coefficient (Wildman–Crippen LogP) is 2.03. The number of aryl methyl sites for hydroxylation is 1. The van der Waals surface area contributed by atoms with Crippen LogP contribution in [0.4, 0.5) is 5.69 Å². The quantitative estimate of drug-likeness (QED) is 0.864. The van der Waals surface area contributed by atoms with Crippen molar-refractivity contribution in [2.24, 2.45) is 5.73 Å². The van der Waals surface area contributed by atoms with Crippen molar-refractivity contribution in [3.8, 4) is 0 Å². The molecule has 1 amide bonds. The van der Waals surface area contributed by atoms with Crippen molar-refractivity contribution in [2.75, 3.05) is 5.32 Å². The SMILES string of the molecule is Cc1cc(NC(=O)[C@H](N)c2ccccc2)ccn1. The fourth-order valence-corrected chi connectivity index (χ4v) is 1.66. The van der Waals surface area contributed by atoms with E-state index in [-0.39, 0.29) is 5.91 Å². The summed E-state index contributed by atoms with van der Waals surface area (Å²) in [5, 5.41) is 2.78. The van der Waals surface area contributed by atoms with Gasteiger partial charge in [-0.2, -0.15) is 0 Å². The highest BCUT2D eigenvalue weighted by molar-refractivity contribution is 5.95. The summed E-state index contributed by atoms with van der Waals surface area (Å²) in [5.41, 5.74) is 8.24. The van der Waals surface area contributed by atoms with E-state index in [1.165, 1.54) is 0 Å². The molecule has 0 radical (unpaired) electrons. The van der Waals surface area contributed by atoms with Crippen LogP contribution < -0.4 is 11.1 Å². The lowest BCUT2D eigenvalue weighted by atomic mass is 10.1. The molecule has 0 saturated heterocycles. The number of aromatic nitrogens is 1. The zero-order valence-corrected chi connectivity index (χ0v) is 10.1. The molecule has 0 spiro atoms. The summed E-state index contributed by atoms with van der Waals surface area (Å²) in [5.74, 6) is -0.230. The lowest BCUT2D eigenvalue weighted by Gasteiger charge is -2.12. The highest BCUT2D eigenvalue weighted by atomic mass is 16.2. The zero-order valence-electron chi connectivity index (χ0n) is 10.1. The molecule has 4 nitrogen and oxygen atoms in total. The van der Waals surface area contributed by atoms with Crippen LogP contribution >= 0.6 is 0 Å². The molecule has 0 aliphatic carbocycles. The third-order valence-electron chi connectivity index (χ3n) is 2.61. The number of nitrogens with zero attached hydrogens (tertiary/aromatic N) is 1. The van der Waals surface area contributed by atoms with Crippen molar-refractivity contribution in [3.63, 3.8) is 0 Å². The second-order valence-electron chi connectivity index (χ2n) is 4.06. The number of rotatable bonds is 3. The van der Waals surface area contributed by atoms with Crippen LogP contribution in [0.1, 0.15) is 17.3 Å². The predicted molar refractivity (Wildman–Crippen MR) is 71.0 cm³/mol. The molecule has 1 heterocycles. The van der Waals surface area contributed by atoms with Gasteiger partial charge in [-0.05, 0) is 24.6 Å². The second-order valence-corrected chi connectivity index (χ2v) is 4.06. The van der Waals surface area contributed by atoms with Gasteiger partial charge in [-0.1, -0.05) is 30.3 Å². The van der Waals surface area contributed by atoms with E-state index in [0.717, 1.165) is 11.3 Å². The van der Waals surface area contributed by atoms with Gasteiger partial charge >= 0.3 is 0 Å². The van der Waals surface area contributed by atoms with Gasteiger partial charge in [-0.3, -0.25) is 9.78 Å². The second kappa shape index (κ2) is 5.42. The molecule has 0 bridgehead atoms. The summed E-state index contributed by atoms with van der Waals surface area (Å²) in [6.45, 7) is 1.87. The number of carbonyl (C=O) groups is 1. The fraction of sp³-hybridized carbons (Fsp3) is 0.143. The minimum Gasteiger partial charge on any atom is -0.324 e. The van der Waals surface area contributed by atoms with E-state index in [1.807, 2.05) is 37.3 Å². The Hall–Kier alpha value is -2.20. The Morgan fingerprint density at radius 2 is 2.00 bits per heavy atom. The Balaban J connectivity index is 2.09. The van der Waals surface area contributed by atoms with Crippen molar-refractivity contribution in [1.29, 1.82) is 0 Å². The van der Waals surface area contributed by atoms with Crippen molar-refractivity contribution in [3.05, 3.63) is 59.9 Å². The number of benzene rings is 1. The summed E-state index contributed by atoms with van der Waals surface area (Å²) in [4.78, 5) is 16.0. The van der Waals surface area contributed by atoms with E-state index >= 15 is 0 Å². The van der Waals surface area contributed by atoms with E-state index in [0.29, 0.717) is 5.69 Å². The Morgan fingerprint density at radius 3 is 2.67 bits per heavy atom. The molecule has 0 fully saturated rings. The van der Waals surface area contributed by atoms with Gasteiger partial charge in [0.2, 0.25) is 5.91 Å². The molecule has 1 aromatic carbocycles. The maximum atomic E-state index is 12.0. The van der Waals surface area contributed by atoms with Crippen LogP contribution in [-0.2, 0) is 4.79 Å². The van der Waals surface area contributed by atoms with Crippen molar-refractivity contribution in [1.82, 2.24) is 4.98 Å². The van der Waals surface area contributed by atoms with Crippen molar-refractivity contribution < 1.29 is 4.79 Å². The number of anilines is 1. The molecule has 0 unspecified atom stereocenters. The van der Waals surface area contributed by atoms with Crippen LogP contribution in [0.25, 0.3) is 0 Å². The first-order valence-corrected chi connectivity index (χ1v) is 5.71. The van der Waals surface area contributed by atoms with Gasteiger partial charge in [-0.25, -0.2) is 0 Å². The van der Waals surface area contributed by atoms with Crippen molar-refractivity contribution in [2.45, 2.75) is 13.0 Å². The molecule has 0 aliphatic rings. The molecular weight excluding hydrogens is 226 g/mol. The topological polar surface area (TPSA) is 68.0 Å². The van der Waals surface area contributed by atoms with Crippen LogP contribution in [0.3, 0.4) is 0 Å². The molecule has 4 heteroatoms. The maximum Gasteiger partial charge on any atom is 0.245 e. The monoisotopic (exact) mass is 241 g/mol. The summed E-state index contributed by atoms with van der Waals surface area (Å²) in [6.07, 6.45) is 1.65. The van der Waals surface area contributed by atoms with E-state index in [4.69, 9.17) is 5.73 Å². The van der Waals surface area contributed by atoms with E-state index in [1.54, 1.807) is 18.3 Å². The van der Waals surface area contributed by atoms with Gasteiger partial charge < -0.3 is 11.1 Å². The van der Waals surface area contributed by atoms with Crippen LogP contribution in [0, 0.1) is 6.92 Å². The first-order chi connectivity index (χ1) is 8.66. The molecule has 18 heavy (non-hydrogen) atoms. The first kappa shape index (κ1) is 12.3. The van der Waals surface area contributed by atoms with Gasteiger partial charge in [0.1, 0.15) is 6.04 Å². The minimum atomic E-state index is -0.667. The number of nitrogens with one attached hydrogen (secondary N) is 1.